The van der Waals surface area contributed by atoms with Crippen LogP contribution in [-0.2, 0) is 19.3 Å². The Labute approximate surface area is 143 Å². The van der Waals surface area contributed by atoms with Crippen molar-refractivity contribution in [2.24, 2.45) is 0 Å². The molecule has 0 radical (unpaired) electrons. The number of anilines is 1. The van der Waals surface area contributed by atoms with E-state index in [1.165, 1.54) is 12.5 Å². The molecule has 3 rings (SSSR count). The maximum Gasteiger partial charge on any atom is 0.180 e. The molecule has 1 aromatic heterocycles. The number of sulfone groups is 1. The van der Waals surface area contributed by atoms with Crippen LogP contribution in [0.2, 0.25) is 0 Å². The van der Waals surface area contributed by atoms with Gasteiger partial charge in [-0.05, 0) is 32.6 Å². The van der Waals surface area contributed by atoms with Gasteiger partial charge < -0.3 is 14.4 Å². The van der Waals surface area contributed by atoms with Gasteiger partial charge in [0.1, 0.15) is 10.7 Å². The molecule has 0 saturated carbocycles. The molecule has 0 unspecified atom stereocenters. The fraction of sp³-hybridized carbons (Fsp3) is 0.750. The van der Waals surface area contributed by atoms with Crippen LogP contribution in [0.25, 0.3) is 0 Å². The molecule has 1 spiro atoms. The van der Waals surface area contributed by atoms with E-state index in [4.69, 9.17) is 9.47 Å². The van der Waals surface area contributed by atoms with E-state index in [0.29, 0.717) is 24.7 Å². The van der Waals surface area contributed by atoms with E-state index in [1.54, 1.807) is 14.0 Å². The van der Waals surface area contributed by atoms with Crippen molar-refractivity contribution in [3.8, 4) is 0 Å². The topological polar surface area (TPSA) is 81.6 Å². The third-order valence-electron chi connectivity index (χ3n) is 5.04. The second-order valence-corrected chi connectivity index (χ2v) is 8.63. The molecule has 0 bridgehead atoms. The summed E-state index contributed by atoms with van der Waals surface area (Å²) in [6.45, 7) is 3.92. The number of ether oxygens (including phenoxy) is 2. The molecular weight excluding hydrogens is 330 g/mol. The Morgan fingerprint density at radius 1 is 1.38 bits per heavy atom. The van der Waals surface area contributed by atoms with Gasteiger partial charge in [-0.1, -0.05) is 0 Å². The third kappa shape index (κ3) is 3.27. The van der Waals surface area contributed by atoms with Gasteiger partial charge in [0.05, 0.1) is 17.9 Å². The lowest BCUT2D eigenvalue weighted by molar-refractivity contribution is -0.175. The van der Waals surface area contributed by atoms with Crippen molar-refractivity contribution in [1.29, 1.82) is 0 Å². The Balaban J connectivity index is 1.84. The highest BCUT2D eigenvalue weighted by atomic mass is 32.2. The molecule has 0 N–H and O–H groups in total. The van der Waals surface area contributed by atoms with Gasteiger partial charge in [-0.3, -0.25) is 0 Å². The molecule has 0 amide bonds. The molecule has 0 aliphatic carbocycles. The molecule has 2 saturated heterocycles. The summed E-state index contributed by atoms with van der Waals surface area (Å²) >= 11 is 0. The Hall–Kier alpha value is -1.25. The van der Waals surface area contributed by atoms with Crippen molar-refractivity contribution in [2.75, 3.05) is 38.0 Å². The van der Waals surface area contributed by atoms with Gasteiger partial charge in [0, 0.05) is 33.1 Å². The molecule has 2 aliphatic rings. The zero-order valence-electron chi connectivity index (χ0n) is 14.5. The third-order valence-corrected chi connectivity index (χ3v) is 6.12. The number of hydrogen-bond acceptors (Lipinski definition) is 7. The number of rotatable bonds is 3. The molecule has 24 heavy (non-hydrogen) atoms. The summed E-state index contributed by atoms with van der Waals surface area (Å²) in [5, 5.41) is 0. The predicted molar refractivity (Wildman–Crippen MR) is 90.0 cm³/mol. The van der Waals surface area contributed by atoms with Crippen LogP contribution in [0.15, 0.2) is 11.1 Å². The van der Waals surface area contributed by atoms with Gasteiger partial charge in [0.25, 0.3) is 0 Å². The molecule has 2 fully saturated rings. The monoisotopic (exact) mass is 355 g/mol. The van der Waals surface area contributed by atoms with Gasteiger partial charge in [-0.2, -0.15) is 0 Å². The average molecular weight is 355 g/mol. The summed E-state index contributed by atoms with van der Waals surface area (Å²) in [5.41, 5.74) is -0.253. The Bertz CT molecular complexity index is 699. The summed E-state index contributed by atoms with van der Waals surface area (Å²) in [6.07, 6.45) is 6.35. The highest BCUT2D eigenvalue weighted by Crippen LogP contribution is 2.38. The normalized spacial score (nSPS) is 24.3. The van der Waals surface area contributed by atoms with E-state index >= 15 is 0 Å². The summed E-state index contributed by atoms with van der Waals surface area (Å²) in [6, 6.07) is 0. The summed E-state index contributed by atoms with van der Waals surface area (Å²) in [4.78, 5) is 10.7. The van der Waals surface area contributed by atoms with E-state index < -0.39 is 9.84 Å². The van der Waals surface area contributed by atoms with Crippen molar-refractivity contribution in [2.45, 2.75) is 49.2 Å². The maximum atomic E-state index is 12.0. The van der Waals surface area contributed by atoms with E-state index in [9.17, 15) is 8.42 Å². The van der Waals surface area contributed by atoms with Crippen LogP contribution in [-0.4, -0.2) is 63.2 Å². The first-order valence-corrected chi connectivity index (χ1v) is 10.2. The van der Waals surface area contributed by atoms with Crippen LogP contribution < -0.4 is 4.90 Å². The first kappa shape index (κ1) is 17.6. The molecule has 8 heteroatoms. The minimum absolute atomic E-state index is 0.106. The summed E-state index contributed by atoms with van der Waals surface area (Å²) in [7, 11) is -1.63. The molecule has 7 nitrogen and oxygen atoms in total. The SMILES string of the molecule is CO[C@@H]1CCCOC12CCN(c1nc(C)ncc1S(C)(=O)=O)CC2. The lowest BCUT2D eigenvalue weighted by Crippen LogP contribution is -2.56. The van der Waals surface area contributed by atoms with Gasteiger partial charge >= 0.3 is 0 Å². The first-order valence-electron chi connectivity index (χ1n) is 8.31. The average Bonchev–Trinajstić information content (AvgIpc) is 2.55. The number of aromatic nitrogens is 2. The molecule has 3 heterocycles. The number of piperidine rings is 1. The number of aryl methyl sites for hydroxylation is 1. The van der Waals surface area contributed by atoms with Gasteiger partial charge in [0.2, 0.25) is 0 Å². The molecule has 1 atom stereocenters. The van der Waals surface area contributed by atoms with Crippen LogP contribution in [0, 0.1) is 6.92 Å². The fourth-order valence-corrected chi connectivity index (χ4v) is 4.48. The summed E-state index contributed by atoms with van der Waals surface area (Å²) < 4.78 is 35.9. The smallest absolute Gasteiger partial charge is 0.180 e. The van der Waals surface area contributed by atoms with Crippen molar-refractivity contribution >= 4 is 15.7 Å². The van der Waals surface area contributed by atoms with Crippen molar-refractivity contribution in [3.63, 3.8) is 0 Å². The minimum atomic E-state index is -3.37. The number of nitrogens with zero attached hydrogens (tertiary/aromatic N) is 3. The fourth-order valence-electron chi connectivity index (χ4n) is 3.73. The maximum absolute atomic E-state index is 12.0. The lowest BCUT2D eigenvalue weighted by atomic mass is 9.82. The quantitative estimate of drug-likeness (QED) is 0.809. The Morgan fingerprint density at radius 2 is 2.08 bits per heavy atom. The summed E-state index contributed by atoms with van der Waals surface area (Å²) in [5.74, 6) is 1.07. The molecule has 1 aromatic rings. The highest BCUT2D eigenvalue weighted by molar-refractivity contribution is 7.90. The van der Waals surface area contributed by atoms with Gasteiger partial charge in [0.15, 0.2) is 15.7 Å². The van der Waals surface area contributed by atoms with Crippen molar-refractivity contribution in [3.05, 3.63) is 12.0 Å². The van der Waals surface area contributed by atoms with E-state index in [0.717, 1.165) is 32.3 Å². The van der Waals surface area contributed by atoms with Crippen LogP contribution in [0.3, 0.4) is 0 Å². The van der Waals surface area contributed by atoms with Gasteiger partial charge in [-0.25, -0.2) is 18.4 Å². The minimum Gasteiger partial charge on any atom is -0.378 e. The van der Waals surface area contributed by atoms with E-state index in [-0.39, 0.29) is 16.6 Å². The Kier molecular flexibility index (Phi) is 4.81. The predicted octanol–water partition coefficient (Wildman–Crippen LogP) is 1.35. The number of methoxy groups -OCH3 is 1. The molecule has 0 aromatic carbocycles. The largest absolute Gasteiger partial charge is 0.378 e. The van der Waals surface area contributed by atoms with Crippen molar-refractivity contribution in [1.82, 2.24) is 9.97 Å². The van der Waals surface area contributed by atoms with Crippen LogP contribution in [0.5, 0.6) is 0 Å². The zero-order chi connectivity index (χ0) is 17.4. The highest BCUT2D eigenvalue weighted by Gasteiger charge is 2.45. The molecular formula is C16H25N3O4S. The van der Waals surface area contributed by atoms with E-state index in [2.05, 4.69) is 9.97 Å². The van der Waals surface area contributed by atoms with Crippen LogP contribution in [0.1, 0.15) is 31.5 Å². The lowest BCUT2D eigenvalue weighted by Gasteiger charge is -2.48. The molecule has 134 valence electrons. The molecule has 2 aliphatic heterocycles. The number of hydrogen-bond donors (Lipinski definition) is 0. The Morgan fingerprint density at radius 3 is 2.71 bits per heavy atom. The van der Waals surface area contributed by atoms with Crippen molar-refractivity contribution < 1.29 is 17.9 Å². The second kappa shape index (κ2) is 6.57. The standard InChI is InChI=1S/C16H25N3O4S/c1-12-17-11-13(24(3,20)21)15(18-12)19-8-6-16(7-9-19)14(22-2)5-4-10-23-16/h11,14H,4-10H2,1-3H3/t14-/m1/s1. The van der Waals surface area contributed by atoms with Crippen LogP contribution >= 0.6 is 0 Å². The second-order valence-electron chi connectivity index (χ2n) is 6.64. The van der Waals surface area contributed by atoms with Crippen LogP contribution in [0.4, 0.5) is 5.82 Å². The van der Waals surface area contributed by atoms with Gasteiger partial charge in [-0.15, -0.1) is 0 Å². The zero-order valence-corrected chi connectivity index (χ0v) is 15.3. The van der Waals surface area contributed by atoms with E-state index in [1.807, 2.05) is 4.90 Å². The first-order chi connectivity index (χ1) is 11.4.